The maximum Gasteiger partial charge on any atom is 0.138 e. The molecule has 0 aliphatic carbocycles. The van der Waals surface area contributed by atoms with E-state index in [9.17, 15) is 4.79 Å². The predicted octanol–water partition coefficient (Wildman–Crippen LogP) is 2.89. The van der Waals surface area contributed by atoms with Gasteiger partial charge in [0.25, 0.3) is 0 Å². The molecule has 0 amide bonds. The molecule has 0 spiro atoms. The highest BCUT2D eigenvalue weighted by Crippen LogP contribution is 2.07. The van der Waals surface area contributed by atoms with Crippen LogP contribution in [0.25, 0.3) is 0 Å². The summed E-state index contributed by atoms with van der Waals surface area (Å²) in [5.41, 5.74) is 0.890. The molecule has 3 heteroatoms. The summed E-state index contributed by atoms with van der Waals surface area (Å²) in [7, 11) is 1.87. The molecule has 3 nitrogen and oxygen atoms in total. The minimum absolute atomic E-state index is 0.315. The SMILES string of the molecule is CCCCCCCC(=O)Cc1ccn(C)n1. The van der Waals surface area contributed by atoms with Crippen LogP contribution < -0.4 is 0 Å². The van der Waals surface area contributed by atoms with Gasteiger partial charge in [0.1, 0.15) is 5.78 Å². The van der Waals surface area contributed by atoms with Gasteiger partial charge < -0.3 is 0 Å². The second-order valence-corrected chi connectivity index (χ2v) is 4.36. The van der Waals surface area contributed by atoms with Gasteiger partial charge in [0.2, 0.25) is 0 Å². The van der Waals surface area contributed by atoms with Crippen LogP contribution in [0.5, 0.6) is 0 Å². The van der Waals surface area contributed by atoms with Crippen molar-refractivity contribution in [2.24, 2.45) is 7.05 Å². The molecule has 0 fully saturated rings. The van der Waals surface area contributed by atoms with Crippen molar-refractivity contribution in [3.05, 3.63) is 18.0 Å². The summed E-state index contributed by atoms with van der Waals surface area (Å²) in [5, 5.41) is 4.20. The molecular weight excluding hydrogens is 200 g/mol. The number of aryl methyl sites for hydroxylation is 1. The zero-order valence-corrected chi connectivity index (χ0v) is 10.4. The minimum atomic E-state index is 0.315. The van der Waals surface area contributed by atoms with Gasteiger partial charge in [0.15, 0.2) is 0 Å². The lowest BCUT2D eigenvalue weighted by Crippen LogP contribution is -2.03. The van der Waals surface area contributed by atoms with Crippen molar-refractivity contribution in [3.8, 4) is 0 Å². The van der Waals surface area contributed by atoms with Gasteiger partial charge in [-0.15, -0.1) is 0 Å². The van der Waals surface area contributed by atoms with Crippen molar-refractivity contribution in [3.63, 3.8) is 0 Å². The highest BCUT2D eigenvalue weighted by atomic mass is 16.1. The van der Waals surface area contributed by atoms with E-state index >= 15 is 0 Å². The van der Waals surface area contributed by atoms with E-state index in [0.717, 1.165) is 12.1 Å². The van der Waals surface area contributed by atoms with E-state index < -0.39 is 0 Å². The number of carbonyl (C=O) groups is 1. The number of hydrogen-bond acceptors (Lipinski definition) is 2. The molecule has 90 valence electrons. The summed E-state index contributed by atoms with van der Waals surface area (Å²) in [5.74, 6) is 0.315. The van der Waals surface area contributed by atoms with Gasteiger partial charge in [-0.1, -0.05) is 32.6 Å². The smallest absolute Gasteiger partial charge is 0.138 e. The minimum Gasteiger partial charge on any atom is -0.299 e. The Morgan fingerprint density at radius 3 is 2.69 bits per heavy atom. The Kier molecular flexibility index (Phi) is 5.83. The zero-order valence-electron chi connectivity index (χ0n) is 10.4. The zero-order chi connectivity index (χ0) is 11.8. The Bertz CT molecular complexity index is 317. The lowest BCUT2D eigenvalue weighted by Gasteiger charge is -1.99. The number of aromatic nitrogens is 2. The molecule has 0 N–H and O–H groups in total. The largest absolute Gasteiger partial charge is 0.299 e. The number of nitrogens with zero attached hydrogens (tertiary/aromatic N) is 2. The molecule has 0 bridgehead atoms. The van der Waals surface area contributed by atoms with Crippen LogP contribution in [0.4, 0.5) is 0 Å². The van der Waals surface area contributed by atoms with Crippen molar-refractivity contribution in [2.75, 3.05) is 0 Å². The van der Waals surface area contributed by atoms with Gasteiger partial charge in [-0.25, -0.2) is 0 Å². The second kappa shape index (κ2) is 7.20. The fraction of sp³-hybridized carbons (Fsp3) is 0.692. The van der Waals surface area contributed by atoms with Gasteiger partial charge in [0.05, 0.1) is 12.1 Å². The molecule has 1 rings (SSSR count). The van der Waals surface area contributed by atoms with E-state index in [0.29, 0.717) is 18.6 Å². The maximum absolute atomic E-state index is 11.6. The molecule has 1 heterocycles. The van der Waals surface area contributed by atoms with Crippen LogP contribution in [-0.4, -0.2) is 15.6 Å². The van der Waals surface area contributed by atoms with E-state index in [1.807, 2.05) is 19.3 Å². The predicted molar refractivity (Wildman–Crippen MR) is 65.3 cm³/mol. The van der Waals surface area contributed by atoms with Crippen molar-refractivity contribution in [1.29, 1.82) is 0 Å². The van der Waals surface area contributed by atoms with Gasteiger partial charge in [-0.05, 0) is 12.5 Å². The van der Waals surface area contributed by atoms with Gasteiger partial charge in [-0.3, -0.25) is 9.48 Å². The quantitative estimate of drug-likeness (QED) is 0.634. The van der Waals surface area contributed by atoms with Crippen LogP contribution in [-0.2, 0) is 18.3 Å². The van der Waals surface area contributed by atoms with Crippen molar-refractivity contribution in [2.45, 2.75) is 51.9 Å². The van der Waals surface area contributed by atoms with Crippen LogP contribution >= 0.6 is 0 Å². The number of ketones is 1. The molecule has 16 heavy (non-hydrogen) atoms. The molecule has 0 saturated heterocycles. The van der Waals surface area contributed by atoms with Crippen molar-refractivity contribution in [1.82, 2.24) is 9.78 Å². The average Bonchev–Trinajstić information content (AvgIpc) is 2.63. The van der Waals surface area contributed by atoms with Crippen LogP contribution in [0.15, 0.2) is 12.3 Å². The summed E-state index contributed by atoms with van der Waals surface area (Å²) < 4.78 is 1.74. The Balaban J connectivity index is 2.11. The highest BCUT2D eigenvalue weighted by molar-refractivity contribution is 5.80. The molecule has 0 aliphatic rings. The third-order valence-electron chi connectivity index (χ3n) is 2.71. The molecule has 1 aromatic heterocycles. The first kappa shape index (κ1) is 12.9. The number of Topliss-reactive ketones (excluding diaryl/α,β-unsaturated/α-hetero) is 1. The molecular formula is C13H22N2O. The summed E-state index contributed by atoms with van der Waals surface area (Å²) in [6.07, 6.45) is 9.09. The van der Waals surface area contributed by atoms with Gasteiger partial charge >= 0.3 is 0 Å². The van der Waals surface area contributed by atoms with Crippen molar-refractivity contribution < 1.29 is 4.79 Å². The molecule has 0 aliphatic heterocycles. The maximum atomic E-state index is 11.6. The first-order valence-electron chi connectivity index (χ1n) is 6.22. The normalized spacial score (nSPS) is 10.6. The Labute approximate surface area is 97.8 Å². The Morgan fingerprint density at radius 2 is 2.06 bits per heavy atom. The standard InChI is InChI=1S/C13H22N2O/c1-3-4-5-6-7-8-13(16)11-12-9-10-15(2)14-12/h9-10H,3-8,11H2,1-2H3. The topological polar surface area (TPSA) is 34.9 Å². The van der Waals surface area contributed by atoms with E-state index in [1.54, 1.807) is 4.68 Å². The third kappa shape index (κ3) is 5.10. The Morgan fingerprint density at radius 1 is 1.31 bits per heavy atom. The van der Waals surface area contributed by atoms with Crippen LogP contribution in [0, 0.1) is 0 Å². The fourth-order valence-corrected chi connectivity index (χ4v) is 1.77. The first-order valence-corrected chi connectivity index (χ1v) is 6.22. The highest BCUT2D eigenvalue weighted by Gasteiger charge is 2.05. The number of carbonyl (C=O) groups excluding carboxylic acids is 1. The molecule has 0 unspecified atom stereocenters. The number of rotatable bonds is 8. The monoisotopic (exact) mass is 222 g/mol. The average molecular weight is 222 g/mol. The van der Waals surface area contributed by atoms with Crippen LogP contribution in [0.1, 0.15) is 51.1 Å². The molecule has 0 aromatic carbocycles. The second-order valence-electron chi connectivity index (χ2n) is 4.36. The third-order valence-corrected chi connectivity index (χ3v) is 2.71. The summed E-state index contributed by atoms with van der Waals surface area (Å²) in [6, 6.07) is 1.91. The molecule has 0 radical (unpaired) electrons. The van der Waals surface area contributed by atoms with E-state index in [1.165, 1.54) is 25.7 Å². The van der Waals surface area contributed by atoms with Gasteiger partial charge in [-0.2, -0.15) is 5.10 Å². The van der Waals surface area contributed by atoms with Crippen LogP contribution in [0.3, 0.4) is 0 Å². The lowest BCUT2D eigenvalue weighted by atomic mass is 10.1. The summed E-state index contributed by atoms with van der Waals surface area (Å²) >= 11 is 0. The van der Waals surface area contributed by atoms with E-state index in [-0.39, 0.29) is 0 Å². The van der Waals surface area contributed by atoms with E-state index in [2.05, 4.69) is 12.0 Å². The number of hydrogen-bond donors (Lipinski definition) is 0. The molecule has 1 aromatic rings. The first-order chi connectivity index (χ1) is 7.72. The molecule has 0 saturated carbocycles. The lowest BCUT2D eigenvalue weighted by molar-refractivity contribution is -0.118. The summed E-state index contributed by atoms with van der Waals surface area (Å²) in [4.78, 5) is 11.6. The van der Waals surface area contributed by atoms with Crippen molar-refractivity contribution >= 4 is 5.78 Å². The van der Waals surface area contributed by atoms with Crippen LogP contribution in [0.2, 0.25) is 0 Å². The fourth-order valence-electron chi connectivity index (χ4n) is 1.77. The Hall–Kier alpha value is -1.12. The summed E-state index contributed by atoms with van der Waals surface area (Å²) in [6.45, 7) is 2.20. The van der Waals surface area contributed by atoms with Gasteiger partial charge in [0, 0.05) is 19.7 Å². The number of unbranched alkanes of at least 4 members (excludes halogenated alkanes) is 4. The molecule has 0 atom stereocenters. The van der Waals surface area contributed by atoms with E-state index in [4.69, 9.17) is 0 Å².